The first-order chi connectivity index (χ1) is 9.03. The molecule has 0 saturated heterocycles. The quantitative estimate of drug-likeness (QED) is 0.792. The second kappa shape index (κ2) is 4.59. The highest BCUT2D eigenvalue weighted by atomic mass is 19.1. The molecule has 0 unspecified atom stereocenters. The van der Waals surface area contributed by atoms with Crippen LogP contribution in [0.15, 0.2) is 18.2 Å². The minimum absolute atomic E-state index is 0.215. The number of aryl methyl sites for hydroxylation is 1. The largest absolute Gasteiger partial charge is 0.385 e. The molecule has 0 atom stereocenters. The first-order valence-electron chi connectivity index (χ1n) is 7.52. The lowest BCUT2D eigenvalue weighted by Crippen LogP contribution is -2.36. The summed E-state index contributed by atoms with van der Waals surface area (Å²) in [6.07, 6.45) is 9.30. The maximum atomic E-state index is 13.2. The molecule has 19 heavy (non-hydrogen) atoms. The minimum atomic E-state index is -0.731. The van der Waals surface area contributed by atoms with E-state index in [9.17, 15) is 9.50 Å². The average molecular weight is 262 g/mol. The molecule has 0 aliphatic heterocycles. The second-order valence-corrected chi connectivity index (χ2v) is 6.70. The number of rotatable bonds is 1. The number of benzene rings is 1. The monoisotopic (exact) mass is 262 g/mol. The van der Waals surface area contributed by atoms with Crippen LogP contribution in [0.3, 0.4) is 0 Å². The van der Waals surface area contributed by atoms with Crippen LogP contribution in [0.5, 0.6) is 0 Å². The van der Waals surface area contributed by atoms with Crippen LogP contribution < -0.4 is 0 Å². The lowest BCUT2D eigenvalue weighted by atomic mass is 9.65. The van der Waals surface area contributed by atoms with Crippen molar-refractivity contribution in [3.8, 4) is 0 Å². The van der Waals surface area contributed by atoms with Crippen molar-refractivity contribution in [2.75, 3.05) is 0 Å². The summed E-state index contributed by atoms with van der Waals surface area (Å²) >= 11 is 0. The Morgan fingerprint density at radius 2 is 1.63 bits per heavy atom. The van der Waals surface area contributed by atoms with Gasteiger partial charge in [0.15, 0.2) is 0 Å². The fourth-order valence-corrected chi connectivity index (χ4v) is 4.24. The molecule has 1 N–H and O–H groups in total. The Labute approximate surface area is 114 Å². The summed E-state index contributed by atoms with van der Waals surface area (Å²) in [5.74, 6) is -0.215. The van der Waals surface area contributed by atoms with E-state index < -0.39 is 5.60 Å². The summed E-state index contributed by atoms with van der Waals surface area (Å²) in [5.41, 5.74) is 1.60. The molecule has 104 valence electrons. The Balaban J connectivity index is 1.81. The van der Waals surface area contributed by atoms with Gasteiger partial charge in [0.1, 0.15) is 5.82 Å². The van der Waals surface area contributed by atoms with Gasteiger partial charge in [0, 0.05) is 0 Å². The van der Waals surface area contributed by atoms with Crippen LogP contribution in [0.1, 0.15) is 62.5 Å². The van der Waals surface area contributed by atoms with Gasteiger partial charge in [0.25, 0.3) is 0 Å². The fraction of sp³-hybridized carbons (Fsp3) is 0.647. The fourth-order valence-electron chi connectivity index (χ4n) is 4.24. The van der Waals surface area contributed by atoms with Gasteiger partial charge in [-0.2, -0.15) is 0 Å². The smallest absolute Gasteiger partial charge is 0.123 e. The van der Waals surface area contributed by atoms with E-state index in [0.29, 0.717) is 5.41 Å². The molecule has 1 aromatic rings. The minimum Gasteiger partial charge on any atom is -0.385 e. The average Bonchev–Trinajstić information content (AvgIpc) is 2.82. The van der Waals surface area contributed by atoms with Gasteiger partial charge in [0.05, 0.1) is 5.60 Å². The summed E-state index contributed by atoms with van der Waals surface area (Å²) in [6.45, 7) is 1.90. The molecule has 0 bridgehead atoms. The van der Waals surface area contributed by atoms with Gasteiger partial charge in [0.2, 0.25) is 0 Å². The molecule has 0 heterocycles. The van der Waals surface area contributed by atoms with Crippen LogP contribution in [0.2, 0.25) is 0 Å². The Kier molecular flexibility index (Phi) is 3.17. The van der Waals surface area contributed by atoms with Gasteiger partial charge in [-0.05, 0) is 74.1 Å². The molecular formula is C17H23FO. The standard InChI is InChI=1S/C17H23FO/c1-13-12-14(18)4-5-15(13)17(19)10-8-16(9-11-17)6-2-3-7-16/h4-5,12,19H,2-3,6-11H2,1H3. The molecule has 1 spiro atoms. The highest BCUT2D eigenvalue weighted by molar-refractivity contribution is 5.32. The van der Waals surface area contributed by atoms with Gasteiger partial charge < -0.3 is 5.11 Å². The van der Waals surface area contributed by atoms with Crippen molar-refractivity contribution in [3.63, 3.8) is 0 Å². The Morgan fingerprint density at radius 3 is 2.21 bits per heavy atom. The third kappa shape index (κ3) is 2.31. The van der Waals surface area contributed by atoms with E-state index in [1.54, 1.807) is 6.07 Å². The van der Waals surface area contributed by atoms with E-state index in [2.05, 4.69) is 0 Å². The number of halogens is 1. The Bertz CT molecular complexity index is 464. The van der Waals surface area contributed by atoms with Crippen LogP contribution in [-0.2, 0) is 5.60 Å². The van der Waals surface area contributed by atoms with Crippen molar-refractivity contribution < 1.29 is 9.50 Å². The summed E-state index contributed by atoms with van der Waals surface area (Å²) < 4.78 is 13.2. The Hall–Kier alpha value is -0.890. The van der Waals surface area contributed by atoms with E-state index in [-0.39, 0.29) is 5.82 Å². The van der Waals surface area contributed by atoms with Gasteiger partial charge in [-0.1, -0.05) is 18.9 Å². The van der Waals surface area contributed by atoms with Crippen molar-refractivity contribution in [1.29, 1.82) is 0 Å². The van der Waals surface area contributed by atoms with Gasteiger partial charge in [-0.25, -0.2) is 4.39 Å². The number of hydrogen-bond acceptors (Lipinski definition) is 1. The lowest BCUT2D eigenvalue weighted by Gasteiger charge is -2.43. The molecule has 0 aromatic heterocycles. The highest BCUT2D eigenvalue weighted by Crippen LogP contribution is 2.53. The van der Waals surface area contributed by atoms with Crippen LogP contribution in [0.25, 0.3) is 0 Å². The SMILES string of the molecule is Cc1cc(F)ccc1C1(O)CCC2(CCCC2)CC1. The molecule has 2 fully saturated rings. The zero-order valence-electron chi connectivity index (χ0n) is 11.7. The zero-order chi connectivity index (χ0) is 13.5. The topological polar surface area (TPSA) is 20.2 Å². The molecule has 2 heteroatoms. The van der Waals surface area contributed by atoms with Crippen LogP contribution in [0, 0.1) is 18.2 Å². The zero-order valence-corrected chi connectivity index (χ0v) is 11.7. The van der Waals surface area contributed by atoms with Crippen LogP contribution in [0.4, 0.5) is 4.39 Å². The number of hydrogen-bond donors (Lipinski definition) is 1. The van der Waals surface area contributed by atoms with Gasteiger partial charge >= 0.3 is 0 Å². The Morgan fingerprint density at radius 1 is 1.00 bits per heavy atom. The molecule has 2 aliphatic rings. The molecule has 3 rings (SSSR count). The summed E-state index contributed by atoms with van der Waals surface area (Å²) in [7, 11) is 0. The third-order valence-corrected chi connectivity index (χ3v) is 5.49. The van der Waals surface area contributed by atoms with E-state index in [4.69, 9.17) is 0 Å². The van der Waals surface area contributed by atoms with Crippen molar-refractivity contribution in [2.24, 2.45) is 5.41 Å². The highest BCUT2D eigenvalue weighted by Gasteiger charge is 2.44. The maximum absolute atomic E-state index is 13.2. The van der Waals surface area contributed by atoms with Crippen molar-refractivity contribution in [3.05, 3.63) is 35.1 Å². The normalized spacial score (nSPS) is 24.8. The van der Waals surface area contributed by atoms with Crippen LogP contribution in [-0.4, -0.2) is 5.11 Å². The van der Waals surface area contributed by atoms with E-state index in [1.165, 1.54) is 37.8 Å². The molecule has 0 radical (unpaired) electrons. The maximum Gasteiger partial charge on any atom is 0.123 e. The molecule has 1 aromatic carbocycles. The predicted molar refractivity (Wildman–Crippen MR) is 74.4 cm³/mol. The van der Waals surface area contributed by atoms with Gasteiger partial charge in [-0.15, -0.1) is 0 Å². The molecule has 0 amide bonds. The van der Waals surface area contributed by atoms with Crippen molar-refractivity contribution in [1.82, 2.24) is 0 Å². The molecule has 2 saturated carbocycles. The molecule has 1 nitrogen and oxygen atoms in total. The summed E-state index contributed by atoms with van der Waals surface area (Å²) in [5, 5.41) is 10.9. The van der Waals surface area contributed by atoms with E-state index >= 15 is 0 Å². The first-order valence-corrected chi connectivity index (χ1v) is 7.52. The van der Waals surface area contributed by atoms with Crippen LogP contribution >= 0.6 is 0 Å². The summed E-state index contributed by atoms with van der Waals surface area (Å²) in [6, 6.07) is 4.78. The predicted octanol–water partition coefficient (Wildman–Crippen LogP) is 4.46. The number of aliphatic hydroxyl groups is 1. The van der Waals surface area contributed by atoms with Crippen molar-refractivity contribution in [2.45, 2.75) is 63.9 Å². The van der Waals surface area contributed by atoms with E-state index in [0.717, 1.165) is 36.8 Å². The summed E-state index contributed by atoms with van der Waals surface area (Å²) in [4.78, 5) is 0. The molecule has 2 aliphatic carbocycles. The second-order valence-electron chi connectivity index (χ2n) is 6.70. The molecular weight excluding hydrogens is 239 g/mol. The first kappa shape index (κ1) is 13.1. The van der Waals surface area contributed by atoms with E-state index in [1.807, 2.05) is 6.92 Å². The third-order valence-electron chi connectivity index (χ3n) is 5.49. The van der Waals surface area contributed by atoms with Crippen molar-refractivity contribution >= 4 is 0 Å². The van der Waals surface area contributed by atoms with Gasteiger partial charge in [-0.3, -0.25) is 0 Å². The lowest BCUT2D eigenvalue weighted by molar-refractivity contribution is -0.0381.